The van der Waals surface area contributed by atoms with Gasteiger partial charge in [-0.25, -0.2) is 0 Å². The van der Waals surface area contributed by atoms with Gasteiger partial charge in [0.05, 0.1) is 23.4 Å². The van der Waals surface area contributed by atoms with Crippen LogP contribution in [0.15, 0.2) is 48.5 Å². The number of nitriles is 1. The Morgan fingerprint density at radius 1 is 1.22 bits per heavy atom. The summed E-state index contributed by atoms with van der Waals surface area (Å²) in [6.45, 7) is 4.06. The van der Waals surface area contributed by atoms with Gasteiger partial charge in [-0.2, -0.15) is 5.26 Å². The van der Waals surface area contributed by atoms with Gasteiger partial charge in [0, 0.05) is 5.75 Å². The lowest BCUT2D eigenvalue weighted by atomic mass is 10.0. The average Bonchev–Trinajstić information content (AvgIpc) is 2.55. The van der Waals surface area contributed by atoms with E-state index in [1.54, 1.807) is 23.9 Å². The lowest BCUT2D eigenvalue weighted by molar-refractivity contribution is -0.119. The zero-order chi connectivity index (χ0) is 16.7. The number of carbonyl (C=O) groups excluding carboxylic acids is 1. The Bertz CT molecular complexity index is 704. The Morgan fingerprint density at radius 2 is 1.91 bits per heavy atom. The van der Waals surface area contributed by atoms with Crippen molar-refractivity contribution in [1.29, 1.82) is 5.26 Å². The van der Waals surface area contributed by atoms with E-state index in [0.717, 1.165) is 16.9 Å². The summed E-state index contributed by atoms with van der Waals surface area (Å²) in [5, 5.41) is 11.8. The molecule has 4 heteroatoms. The molecular formula is C19H20N2OS. The van der Waals surface area contributed by atoms with Crippen molar-refractivity contribution in [3.8, 4) is 6.07 Å². The molecule has 2 rings (SSSR count). The molecule has 0 bridgehead atoms. The number of aryl methyl sites for hydroxylation is 1. The Morgan fingerprint density at radius 3 is 2.57 bits per heavy atom. The van der Waals surface area contributed by atoms with Gasteiger partial charge in [0.25, 0.3) is 0 Å². The zero-order valence-electron chi connectivity index (χ0n) is 13.4. The first kappa shape index (κ1) is 17.1. The lowest BCUT2D eigenvalue weighted by Crippen LogP contribution is -2.28. The SMILES string of the molecule is Cc1ccccc1C(C)NC(=O)CSCc1ccc(C#N)cc1. The van der Waals surface area contributed by atoms with Gasteiger partial charge < -0.3 is 5.32 Å². The van der Waals surface area contributed by atoms with E-state index in [4.69, 9.17) is 5.26 Å². The van der Waals surface area contributed by atoms with Gasteiger partial charge in [-0.05, 0) is 42.7 Å². The van der Waals surface area contributed by atoms with E-state index in [-0.39, 0.29) is 11.9 Å². The van der Waals surface area contributed by atoms with E-state index >= 15 is 0 Å². The second-order valence-corrected chi connectivity index (χ2v) is 6.43. The third-order valence-electron chi connectivity index (χ3n) is 3.62. The van der Waals surface area contributed by atoms with E-state index in [0.29, 0.717) is 11.3 Å². The van der Waals surface area contributed by atoms with Crippen LogP contribution in [0.1, 0.15) is 35.2 Å². The fourth-order valence-corrected chi connectivity index (χ4v) is 3.17. The summed E-state index contributed by atoms with van der Waals surface area (Å²) in [5.41, 5.74) is 4.11. The molecule has 118 valence electrons. The van der Waals surface area contributed by atoms with Crippen molar-refractivity contribution >= 4 is 17.7 Å². The molecule has 0 aliphatic carbocycles. The van der Waals surface area contributed by atoms with Crippen molar-refractivity contribution in [1.82, 2.24) is 5.32 Å². The Balaban J connectivity index is 1.78. The number of rotatable bonds is 6. The number of hydrogen-bond acceptors (Lipinski definition) is 3. The summed E-state index contributed by atoms with van der Waals surface area (Å²) >= 11 is 1.57. The molecule has 2 aromatic rings. The highest BCUT2D eigenvalue weighted by Crippen LogP contribution is 2.17. The second-order valence-electron chi connectivity index (χ2n) is 5.45. The molecule has 1 atom stereocenters. The predicted octanol–water partition coefficient (Wildman–Crippen LogP) is 3.98. The van der Waals surface area contributed by atoms with Crippen LogP contribution < -0.4 is 5.32 Å². The van der Waals surface area contributed by atoms with Crippen LogP contribution in [0.5, 0.6) is 0 Å². The number of hydrogen-bond donors (Lipinski definition) is 1. The van der Waals surface area contributed by atoms with Crippen LogP contribution in [0.3, 0.4) is 0 Å². The van der Waals surface area contributed by atoms with Crippen molar-refractivity contribution in [2.75, 3.05) is 5.75 Å². The molecule has 0 fully saturated rings. The number of thioether (sulfide) groups is 1. The van der Waals surface area contributed by atoms with Crippen LogP contribution in [-0.2, 0) is 10.5 Å². The molecule has 0 aromatic heterocycles. The highest BCUT2D eigenvalue weighted by atomic mass is 32.2. The summed E-state index contributed by atoms with van der Waals surface area (Å²) in [5.74, 6) is 1.23. The van der Waals surface area contributed by atoms with E-state index < -0.39 is 0 Å². The van der Waals surface area contributed by atoms with Crippen molar-refractivity contribution in [3.63, 3.8) is 0 Å². The second kappa shape index (κ2) is 8.40. The molecular weight excluding hydrogens is 304 g/mol. The maximum absolute atomic E-state index is 12.1. The van der Waals surface area contributed by atoms with Crippen molar-refractivity contribution in [2.24, 2.45) is 0 Å². The van der Waals surface area contributed by atoms with Crippen molar-refractivity contribution in [3.05, 3.63) is 70.8 Å². The molecule has 3 nitrogen and oxygen atoms in total. The molecule has 1 amide bonds. The third kappa shape index (κ3) is 5.15. The Hall–Kier alpha value is -2.25. The van der Waals surface area contributed by atoms with Gasteiger partial charge in [0.1, 0.15) is 0 Å². The molecule has 0 radical (unpaired) electrons. The predicted molar refractivity (Wildman–Crippen MR) is 95.1 cm³/mol. The normalized spacial score (nSPS) is 11.5. The summed E-state index contributed by atoms with van der Waals surface area (Å²) in [7, 11) is 0. The van der Waals surface area contributed by atoms with Gasteiger partial charge in [-0.3, -0.25) is 4.79 Å². The minimum atomic E-state index is 0.0132. The molecule has 1 unspecified atom stereocenters. The van der Waals surface area contributed by atoms with E-state index in [1.165, 1.54) is 5.56 Å². The van der Waals surface area contributed by atoms with Gasteiger partial charge >= 0.3 is 0 Å². The Labute approximate surface area is 141 Å². The van der Waals surface area contributed by atoms with Crippen molar-refractivity contribution < 1.29 is 4.79 Å². The molecule has 0 aliphatic heterocycles. The maximum Gasteiger partial charge on any atom is 0.230 e. The van der Waals surface area contributed by atoms with Crippen LogP contribution in [0.4, 0.5) is 0 Å². The average molecular weight is 324 g/mol. The van der Waals surface area contributed by atoms with Crippen LogP contribution >= 0.6 is 11.8 Å². The standard InChI is InChI=1S/C19H20N2OS/c1-14-5-3-4-6-18(14)15(2)21-19(22)13-23-12-17-9-7-16(11-20)8-10-17/h3-10,15H,12-13H2,1-2H3,(H,21,22). The van der Waals surface area contributed by atoms with Gasteiger partial charge in [-0.15, -0.1) is 11.8 Å². The first-order valence-corrected chi connectivity index (χ1v) is 8.67. The van der Waals surface area contributed by atoms with E-state index in [1.807, 2.05) is 37.3 Å². The largest absolute Gasteiger partial charge is 0.349 e. The van der Waals surface area contributed by atoms with E-state index in [2.05, 4.69) is 24.4 Å². The van der Waals surface area contributed by atoms with Crippen LogP contribution in [0.25, 0.3) is 0 Å². The van der Waals surface area contributed by atoms with Crippen LogP contribution in [0, 0.1) is 18.3 Å². The monoisotopic (exact) mass is 324 g/mol. The topological polar surface area (TPSA) is 52.9 Å². The smallest absolute Gasteiger partial charge is 0.230 e. The molecule has 2 aromatic carbocycles. The number of nitrogens with zero attached hydrogens (tertiary/aromatic N) is 1. The lowest BCUT2D eigenvalue weighted by Gasteiger charge is -2.16. The number of carbonyl (C=O) groups is 1. The molecule has 0 saturated carbocycles. The van der Waals surface area contributed by atoms with E-state index in [9.17, 15) is 4.79 Å². The van der Waals surface area contributed by atoms with Gasteiger partial charge in [0.15, 0.2) is 0 Å². The minimum absolute atomic E-state index is 0.0132. The maximum atomic E-state index is 12.1. The van der Waals surface area contributed by atoms with Gasteiger partial charge in [-0.1, -0.05) is 36.4 Å². The highest BCUT2D eigenvalue weighted by Gasteiger charge is 2.11. The number of nitrogens with one attached hydrogen (secondary N) is 1. The summed E-state index contributed by atoms with van der Waals surface area (Å²) in [6, 6.07) is 17.7. The number of benzene rings is 2. The third-order valence-corrected chi connectivity index (χ3v) is 4.62. The summed E-state index contributed by atoms with van der Waals surface area (Å²) in [6.07, 6.45) is 0. The molecule has 0 spiro atoms. The minimum Gasteiger partial charge on any atom is -0.349 e. The molecule has 0 heterocycles. The summed E-state index contributed by atoms with van der Waals surface area (Å²) < 4.78 is 0. The van der Waals surface area contributed by atoms with Crippen LogP contribution in [0.2, 0.25) is 0 Å². The zero-order valence-corrected chi connectivity index (χ0v) is 14.2. The van der Waals surface area contributed by atoms with Crippen LogP contribution in [-0.4, -0.2) is 11.7 Å². The number of amides is 1. The first-order valence-electron chi connectivity index (χ1n) is 7.52. The quantitative estimate of drug-likeness (QED) is 0.874. The fraction of sp³-hybridized carbons (Fsp3) is 0.263. The molecule has 0 aliphatic rings. The molecule has 1 N–H and O–H groups in total. The van der Waals surface area contributed by atoms with Crippen molar-refractivity contribution in [2.45, 2.75) is 25.6 Å². The molecule has 0 saturated heterocycles. The fourth-order valence-electron chi connectivity index (χ4n) is 2.37. The Kier molecular flexibility index (Phi) is 6.25. The van der Waals surface area contributed by atoms with Gasteiger partial charge in [0.2, 0.25) is 5.91 Å². The first-order chi connectivity index (χ1) is 11.1. The highest BCUT2D eigenvalue weighted by molar-refractivity contribution is 7.99. The molecule has 23 heavy (non-hydrogen) atoms. The summed E-state index contributed by atoms with van der Waals surface area (Å²) in [4.78, 5) is 12.1.